The van der Waals surface area contributed by atoms with Crippen LogP contribution in [0, 0.1) is 5.82 Å². The summed E-state index contributed by atoms with van der Waals surface area (Å²) in [7, 11) is 0. The van der Waals surface area contributed by atoms with E-state index in [2.05, 4.69) is 10.3 Å². The van der Waals surface area contributed by atoms with E-state index in [1.54, 1.807) is 18.3 Å². The number of hydrogen-bond acceptors (Lipinski definition) is 4. The molecule has 2 aromatic carbocycles. The molecule has 0 amide bonds. The fourth-order valence-electron chi connectivity index (χ4n) is 2.88. The second-order valence-electron chi connectivity index (χ2n) is 6.34. The van der Waals surface area contributed by atoms with Gasteiger partial charge < -0.3 is 10.1 Å². The van der Waals surface area contributed by atoms with Crippen LogP contribution in [0.1, 0.15) is 36.2 Å². The first-order valence-electron chi connectivity index (χ1n) is 9.39. The largest absolute Gasteiger partial charge is 0.494 e. The van der Waals surface area contributed by atoms with Gasteiger partial charge in [0.2, 0.25) is 0 Å². The van der Waals surface area contributed by atoms with Crippen molar-refractivity contribution in [3.63, 3.8) is 0 Å². The second-order valence-corrected chi connectivity index (χ2v) is 6.34. The molecule has 0 radical (unpaired) electrons. The van der Waals surface area contributed by atoms with Gasteiger partial charge in [-0.1, -0.05) is 31.2 Å². The number of aromatic nitrogens is 1. The van der Waals surface area contributed by atoms with Crippen molar-refractivity contribution in [2.75, 3.05) is 18.5 Å². The lowest BCUT2D eigenvalue weighted by Gasteiger charge is -2.12. The molecule has 4 nitrogen and oxygen atoms in total. The molecular weight excluding hydrogens is 355 g/mol. The van der Waals surface area contributed by atoms with Crippen LogP contribution in [0.15, 0.2) is 60.8 Å². The molecule has 0 spiro atoms. The van der Waals surface area contributed by atoms with E-state index in [4.69, 9.17) is 4.74 Å². The summed E-state index contributed by atoms with van der Waals surface area (Å²) in [5.74, 6) is 0.588. The minimum absolute atomic E-state index is 0.265. The molecule has 0 fully saturated rings. The Morgan fingerprint density at radius 3 is 2.54 bits per heavy atom. The molecule has 28 heavy (non-hydrogen) atoms. The standard InChI is InChI=1S/C23H23FN2O2/c1-3-12-25-23-21(22(27)17-6-5-7-19(24)13-17)14-18(15-26-23)16-8-10-20(11-9-16)28-4-2/h5-11,13-15H,3-4,12H2,1-2H3,(H,25,26). The van der Waals surface area contributed by atoms with Gasteiger partial charge in [-0.25, -0.2) is 9.37 Å². The van der Waals surface area contributed by atoms with Crippen LogP contribution in [-0.2, 0) is 0 Å². The first-order chi connectivity index (χ1) is 13.6. The van der Waals surface area contributed by atoms with Crippen molar-refractivity contribution in [1.82, 2.24) is 4.98 Å². The smallest absolute Gasteiger partial charge is 0.196 e. The summed E-state index contributed by atoms with van der Waals surface area (Å²) in [6, 6.07) is 15.1. The van der Waals surface area contributed by atoms with Crippen LogP contribution < -0.4 is 10.1 Å². The predicted octanol–water partition coefficient (Wildman–Crippen LogP) is 5.34. The van der Waals surface area contributed by atoms with Crippen molar-refractivity contribution in [1.29, 1.82) is 0 Å². The van der Waals surface area contributed by atoms with Gasteiger partial charge in [0.05, 0.1) is 12.2 Å². The summed E-state index contributed by atoms with van der Waals surface area (Å²) in [6.45, 7) is 5.27. The van der Waals surface area contributed by atoms with E-state index in [1.165, 1.54) is 18.2 Å². The van der Waals surface area contributed by atoms with Crippen LogP contribution in [0.5, 0.6) is 5.75 Å². The minimum atomic E-state index is -0.440. The first-order valence-corrected chi connectivity index (χ1v) is 9.39. The number of benzene rings is 2. The number of hydrogen-bond donors (Lipinski definition) is 1. The molecule has 5 heteroatoms. The Labute approximate surface area is 164 Å². The van der Waals surface area contributed by atoms with E-state index in [-0.39, 0.29) is 5.78 Å². The number of ether oxygens (including phenoxy) is 1. The number of carbonyl (C=O) groups is 1. The Bertz CT molecular complexity index is 955. The molecule has 0 aliphatic rings. The van der Waals surface area contributed by atoms with Crippen LogP contribution >= 0.6 is 0 Å². The topological polar surface area (TPSA) is 51.2 Å². The molecule has 0 unspecified atom stereocenters. The number of carbonyl (C=O) groups excluding carboxylic acids is 1. The van der Waals surface area contributed by atoms with Crippen LogP contribution in [0.4, 0.5) is 10.2 Å². The summed E-state index contributed by atoms with van der Waals surface area (Å²) in [4.78, 5) is 17.5. The van der Waals surface area contributed by atoms with Gasteiger partial charge in [0, 0.05) is 23.9 Å². The molecule has 0 aliphatic heterocycles. The number of rotatable bonds is 8. The van der Waals surface area contributed by atoms with Crippen LogP contribution in [0.25, 0.3) is 11.1 Å². The Morgan fingerprint density at radius 2 is 1.86 bits per heavy atom. The molecule has 1 N–H and O–H groups in total. The summed E-state index contributed by atoms with van der Waals surface area (Å²) in [5, 5.41) is 3.19. The highest BCUT2D eigenvalue weighted by Crippen LogP contribution is 2.27. The van der Waals surface area contributed by atoms with Gasteiger partial charge in [0.25, 0.3) is 0 Å². The van der Waals surface area contributed by atoms with Crippen LogP contribution in [0.2, 0.25) is 0 Å². The lowest BCUT2D eigenvalue weighted by molar-refractivity contribution is 0.103. The van der Waals surface area contributed by atoms with Crippen molar-refractivity contribution >= 4 is 11.6 Å². The van der Waals surface area contributed by atoms with Crippen LogP contribution in [-0.4, -0.2) is 23.9 Å². The Morgan fingerprint density at radius 1 is 1.07 bits per heavy atom. The molecular formula is C23H23FN2O2. The normalized spacial score (nSPS) is 10.5. The predicted molar refractivity (Wildman–Crippen MR) is 109 cm³/mol. The molecule has 0 atom stereocenters. The first kappa shape index (κ1) is 19.5. The molecule has 0 bridgehead atoms. The lowest BCUT2D eigenvalue weighted by atomic mass is 9.99. The third-order valence-corrected chi connectivity index (χ3v) is 4.26. The van der Waals surface area contributed by atoms with Gasteiger partial charge in [0.1, 0.15) is 17.4 Å². The summed E-state index contributed by atoms with van der Waals surface area (Å²) >= 11 is 0. The number of nitrogens with zero attached hydrogens (tertiary/aromatic N) is 1. The van der Waals surface area contributed by atoms with Gasteiger partial charge >= 0.3 is 0 Å². The molecule has 0 aliphatic carbocycles. The van der Waals surface area contributed by atoms with Crippen molar-refractivity contribution in [2.24, 2.45) is 0 Å². The van der Waals surface area contributed by atoms with Gasteiger partial charge in [-0.2, -0.15) is 0 Å². The number of ketones is 1. The van der Waals surface area contributed by atoms with Crippen molar-refractivity contribution in [3.8, 4) is 16.9 Å². The zero-order chi connectivity index (χ0) is 19.9. The summed E-state index contributed by atoms with van der Waals surface area (Å²) in [5.41, 5.74) is 2.45. The fourth-order valence-corrected chi connectivity index (χ4v) is 2.88. The van der Waals surface area contributed by atoms with Crippen molar-refractivity contribution in [2.45, 2.75) is 20.3 Å². The van der Waals surface area contributed by atoms with E-state index in [0.29, 0.717) is 30.1 Å². The van der Waals surface area contributed by atoms with Crippen molar-refractivity contribution in [3.05, 3.63) is 77.7 Å². The van der Waals surface area contributed by atoms with E-state index in [1.807, 2.05) is 38.1 Å². The molecule has 0 saturated carbocycles. The Kier molecular flexibility index (Phi) is 6.37. The lowest BCUT2D eigenvalue weighted by Crippen LogP contribution is -2.11. The monoisotopic (exact) mass is 378 g/mol. The number of pyridine rings is 1. The van der Waals surface area contributed by atoms with Gasteiger partial charge in [-0.3, -0.25) is 4.79 Å². The maximum atomic E-state index is 13.6. The van der Waals surface area contributed by atoms with Gasteiger partial charge in [0.15, 0.2) is 5.78 Å². The maximum Gasteiger partial charge on any atom is 0.196 e. The van der Waals surface area contributed by atoms with E-state index >= 15 is 0 Å². The van der Waals surface area contributed by atoms with Crippen LogP contribution in [0.3, 0.4) is 0 Å². The fraction of sp³-hybridized carbons (Fsp3) is 0.217. The highest BCUT2D eigenvalue weighted by atomic mass is 19.1. The minimum Gasteiger partial charge on any atom is -0.494 e. The maximum absolute atomic E-state index is 13.6. The number of halogens is 1. The highest BCUT2D eigenvalue weighted by molar-refractivity contribution is 6.12. The molecule has 3 rings (SSSR count). The third kappa shape index (κ3) is 4.55. The van der Waals surface area contributed by atoms with Gasteiger partial charge in [-0.15, -0.1) is 0 Å². The molecule has 144 valence electrons. The Hall–Kier alpha value is -3.21. The van der Waals surface area contributed by atoms with E-state index < -0.39 is 5.82 Å². The SMILES string of the molecule is CCCNc1ncc(-c2ccc(OCC)cc2)cc1C(=O)c1cccc(F)c1. The average molecular weight is 378 g/mol. The van der Waals surface area contributed by atoms with Crippen molar-refractivity contribution < 1.29 is 13.9 Å². The zero-order valence-corrected chi connectivity index (χ0v) is 16.0. The zero-order valence-electron chi connectivity index (χ0n) is 16.0. The summed E-state index contributed by atoms with van der Waals surface area (Å²) < 4.78 is 19.1. The Balaban J connectivity index is 2.00. The molecule has 3 aromatic rings. The van der Waals surface area contributed by atoms with E-state index in [9.17, 15) is 9.18 Å². The quantitative estimate of drug-likeness (QED) is 0.538. The highest BCUT2D eigenvalue weighted by Gasteiger charge is 2.17. The number of nitrogens with one attached hydrogen (secondary N) is 1. The molecule has 1 aromatic heterocycles. The average Bonchev–Trinajstić information content (AvgIpc) is 2.72. The molecule has 1 heterocycles. The van der Waals surface area contributed by atoms with E-state index in [0.717, 1.165) is 23.3 Å². The van der Waals surface area contributed by atoms with Gasteiger partial charge in [-0.05, 0) is 49.2 Å². The number of anilines is 1. The third-order valence-electron chi connectivity index (χ3n) is 4.26. The second kappa shape index (κ2) is 9.13. The molecule has 0 saturated heterocycles. The summed E-state index contributed by atoms with van der Waals surface area (Å²) in [6.07, 6.45) is 2.63.